The lowest BCUT2D eigenvalue weighted by Crippen LogP contribution is -2.29. The first-order valence-corrected chi connectivity index (χ1v) is 10.5. The van der Waals surface area contributed by atoms with Crippen molar-refractivity contribution in [2.24, 2.45) is 0 Å². The maximum atomic E-state index is 12.7. The lowest BCUT2D eigenvalue weighted by atomic mass is 10.2. The number of amides is 2. The Morgan fingerprint density at radius 1 is 1.28 bits per heavy atom. The summed E-state index contributed by atoms with van der Waals surface area (Å²) >= 11 is 12.5. The van der Waals surface area contributed by atoms with Crippen LogP contribution in [0.2, 0.25) is 5.02 Å². The normalized spacial score (nSPS) is 15.1. The average molecular weight is 447 g/mol. The number of methoxy groups -OCH3 is 1. The van der Waals surface area contributed by atoms with Crippen molar-refractivity contribution in [3.05, 3.63) is 64.0 Å². The SMILES string of the molecule is COc1cccc(C=C2SC(=S)N(CCCC(=O)Nc3cccc(Cl)c3)C2=O)c1. The van der Waals surface area contributed by atoms with Gasteiger partial charge in [-0.15, -0.1) is 0 Å². The molecule has 0 saturated carbocycles. The largest absolute Gasteiger partial charge is 0.497 e. The first kappa shape index (κ1) is 21.4. The molecule has 0 spiro atoms. The second-order valence-corrected chi connectivity index (χ2v) is 8.38. The first-order chi connectivity index (χ1) is 14.0. The molecule has 1 fully saturated rings. The molecule has 0 unspecified atom stereocenters. The van der Waals surface area contributed by atoms with Crippen LogP contribution in [0, 0.1) is 0 Å². The minimum Gasteiger partial charge on any atom is -0.497 e. The molecule has 0 aliphatic carbocycles. The van der Waals surface area contributed by atoms with Gasteiger partial charge in [0.25, 0.3) is 5.91 Å². The van der Waals surface area contributed by atoms with E-state index in [0.29, 0.717) is 32.9 Å². The predicted molar refractivity (Wildman–Crippen MR) is 122 cm³/mol. The summed E-state index contributed by atoms with van der Waals surface area (Å²) in [6.45, 7) is 0.392. The summed E-state index contributed by atoms with van der Waals surface area (Å²) in [7, 11) is 1.60. The van der Waals surface area contributed by atoms with Crippen molar-refractivity contribution in [1.29, 1.82) is 0 Å². The summed E-state index contributed by atoms with van der Waals surface area (Å²) in [5.41, 5.74) is 1.51. The van der Waals surface area contributed by atoms with Gasteiger partial charge in [0.2, 0.25) is 5.91 Å². The molecule has 0 aromatic heterocycles. The quantitative estimate of drug-likeness (QED) is 0.480. The zero-order valence-electron chi connectivity index (χ0n) is 15.7. The van der Waals surface area contributed by atoms with Crippen LogP contribution < -0.4 is 10.1 Å². The zero-order chi connectivity index (χ0) is 20.8. The molecule has 2 amide bonds. The van der Waals surface area contributed by atoms with E-state index in [0.717, 1.165) is 11.3 Å². The lowest BCUT2D eigenvalue weighted by Gasteiger charge is -2.14. The van der Waals surface area contributed by atoms with Gasteiger partial charge in [0, 0.05) is 23.7 Å². The van der Waals surface area contributed by atoms with Crippen molar-refractivity contribution < 1.29 is 14.3 Å². The third kappa shape index (κ3) is 5.82. The average Bonchev–Trinajstić information content (AvgIpc) is 2.95. The van der Waals surface area contributed by atoms with E-state index in [1.54, 1.807) is 42.4 Å². The summed E-state index contributed by atoms with van der Waals surface area (Å²) in [6, 6.07) is 14.4. The Hall–Kier alpha value is -2.35. The van der Waals surface area contributed by atoms with Gasteiger partial charge in [-0.2, -0.15) is 0 Å². The van der Waals surface area contributed by atoms with Crippen LogP contribution in [0.25, 0.3) is 6.08 Å². The number of halogens is 1. The number of carbonyl (C=O) groups excluding carboxylic acids is 2. The molecule has 150 valence electrons. The zero-order valence-corrected chi connectivity index (χ0v) is 18.1. The van der Waals surface area contributed by atoms with Crippen LogP contribution in [-0.4, -0.2) is 34.7 Å². The van der Waals surface area contributed by atoms with Gasteiger partial charge in [0.15, 0.2) is 0 Å². The van der Waals surface area contributed by atoms with Gasteiger partial charge in [-0.3, -0.25) is 14.5 Å². The van der Waals surface area contributed by atoms with Crippen molar-refractivity contribution in [2.75, 3.05) is 19.0 Å². The van der Waals surface area contributed by atoms with Gasteiger partial charge in [-0.25, -0.2) is 0 Å². The third-order valence-corrected chi connectivity index (χ3v) is 5.77. The first-order valence-electron chi connectivity index (χ1n) is 8.91. The van der Waals surface area contributed by atoms with Crippen molar-refractivity contribution in [2.45, 2.75) is 12.8 Å². The minimum atomic E-state index is -0.141. The summed E-state index contributed by atoms with van der Waals surface area (Å²) in [4.78, 5) is 26.9. The summed E-state index contributed by atoms with van der Waals surface area (Å²) < 4.78 is 5.71. The molecule has 1 saturated heterocycles. The number of nitrogens with zero attached hydrogens (tertiary/aromatic N) is 1. The lowest BCUT2D eigenvalue weighted by molar-refractivity contribution is -0.122. The molecule has 5 nitrogen and oxygen atoms in total. The van der Waals surface area contributed by atoms with Crippen LogP contribution in [-0.2, 0) is 9.59 Å². The maximum absolute atomic E-state index is 12.7. The Morgan fingerprint density at radius 2 is 2.07 bits per heavy atom. The van der Waals surface area contributed by atoms with Crippen molar-refractivity contribution in [3.8, 4) is 5.75 Å². The monoisotopic (exact) mass is 446 g/mol. The Morgan fingerprint density at radius 3 is 2.83 bits per heavy atom. The van der Waals surface area contributed by atoms with Gasteiger partial charge in [0.05, 0.1) is 12.0 Å². The molecule has 0 atom stereocenters. The van der Waals surface area contributed by atoms with Crippen molar-refractivity contribution >= 4 is 63.5 Å². The Labute approximate surface area is 184 Å². The standard InChI is InChI=1S/C21H19ClN2O3S2/c1-27-17-8-2-5-14(11-17)12-18-20(26)24(21(28)29-18)10-4-9-19(25)23-16-7-3-6-15(22)13-16/h2-3,5-8,11-13H,4,9-10H2,1H3,(H,23,25). The van der Waals surface area contributed by atoms with Gasteiger partial charge >= 0.3 is 0 Å². The van der Waals surface area contributed by atoms with E-state index in [1.807, 2.05) is 24.3 Å². The van der Waals surface area contributed by atoms with Crippen LogP contribution in [0.5, 0.6) is 5.75 Å². The highest BCUT2D eigenvalue weighted by Gasteiger charge is 2.31. The molecular weight excluding hydrogens is 428 g/mol. The molecule has 8 heteroatoms. The van der Waals surface area contributed by atoms with E-state index in [1.165, 1.54) is 11.8 Å². The second kappa shape index (κ2) is 9.91. The molecule has 2 aromatic carbocycles. The molecule has 3 rings (SSSR count). The highest BCUT2D eigenvalue weighted by atomic mass is 35.5. The summed E-state index contributed by atoms with van der Waals surface area (Å²) in [6.07, 6.45) is 2.58. The van der Waals surface area contributed by atoms with Crippen molar-refractivity contribution in [1.82, 2.24) is 4.90 Å². The molecule has 2 aromatic rings. The van der Waals surface area contributed by atoms with Gasteiger partial charge in [0.1, 0.15) is 10.1 Å². The van der Waals surface area contributed by atoms with Crippen LogP contribution >= 0.6 is 35.6 Å². The smallest absolute Gasteiger partial charge is 0.266 e. The number of carbonyl (C=O) groups is 2. The number of ether oxygens (including phenoxy) is 1. The van der Waals surface area contributed by atoms with Crippen LogP contribution in [0.3, 0.4) is 0 Å². The van der Waals surface area contributed by atoms with E-state index in [4.69, 9.17) is 28.6 Å². The fourth-order valence-corrected chi connectivity index (χ4v) is 4.26. The van der Waals surface area contributed by atoms with Gasteiger partial charge in [-0.05, 0) is 48.4 Å². The molecule has 29 heavy (non-hydrogen) atoms. The topological polar surface area (TPSA) is 58.6 Å². The number of thioether (sulfide) groups is 1. The number of benzene rings is 2. The van der Waals surface area contributed by atoms with E-state index < -0.39 is 0 Å². The fourth-order valence-electron chi connectivity index (χ4n) is 2.76. The van der Waals surface area contributed by atoms with E-state index >= 15 is 0 Å². The van der Waals surface area contributed by atoms with E-state index in [9.17, 15) is 9.59 Å². The van der Waals surface area contributed by atoms with Crippen LogP contribution in [0.15, 0.2) is 53.4 Å². The number of thiocarbonyl (C=S) groups is 1. The molecule has 0 radical (unpaired) electrons. The molecule has 0 bridgehead atoms. The maximum Gasteiger partial charge on any atom is 0.266 e. The minimum absolute atomic E-state index is 0.135. The second-order valence-electron chi connectivity index (χ2n) is 6.27. The van der Waals surface area contributed by atoms with Gasteiger partial charge < -0.3 is 10.1 Å². The molecular formula is C21H19ClN2O3S2. The molecule has 1 aliphatic heterocycles. The Kier molecular flexibility index (Phi) is 7.30. The molecule has 1 heterocycles. The third-order valence-electron chi connectivity index (χ3n) is 4.16. The van der Waals surface area contributed by atoms with E-state index in [2.05, 4.69) is 5.32 Å². The Balaban J connectivity index is 1.54. The van der Waals surface area contributed by atoms with E-state index in [-0.39, 0.29) is 18.2 Å². The van der Waals surface area contributed by atoms with Crippen LogP contribution in [0.4, 0.5) is 5.69 Å². The number of rotatable bonds is 7. The van der Waals surface area contributed by atoms with Gasteiger partial charge in [-0.1, -0.05) is 53.8 Å². The molecule has 1 N–H and O–H groups in total. The summed E-state index contributed by atoms with van der Waals surface area (Å²) in [5.74, 6) is 0.447. The number of hydrogen-bond acceptors (Lipinski definition) is 5. The fraction of sp³-hybridized carbons (Fsp3) is 0.190. The summed E-state index contributed by atoms with van der Waals surface area (Å²) in [5, 5.41) is 3.35. The number of anilines is 1. The van der Waals surface area contributed by atoms with Crippen LogP contribution in [0.1, 0.15) is 18.4 Å². The Bertz CT molecular complexity index is 978. The number of hydrogen-bond donors (Lipinski definition) is 1. The predicted octanol–water partition coefficient (Wildman–Crippen LogP) is 4.97. The van der Waals surface area contributed by atoms with Crippen molar-refractivity contribution in [3.63, 3.8) is 0 Å². The highest BCUT2D eigenvalue weighted by Crippen LogP contribution is 2.33. The molecule has 1 aliphatic rings. The number of nitrogens with one attached hydrogen (secondary N) is 1. The highest BCUT2D eigenvalue weighted by molar-refractivity contribution is 8.26.